The summed E-state index contributed by atoms with van der Waals surface area (Å²) in [6.45, 7) is 41.8. The average molecular weight is 924 g/mol. The Morgan fingerprint density at radius 1 is 0.300 bits per heavy atom. The maximum absolute atomic E-state index is 2.61. The fourth-order valence-corrected chi connectivity index (χ4v) is 10.5. The van der Waals surface area contributed by atoms with E-state index in [1.807, 2.05) is 0 Å². The Bertz CT molecular complexity index is 2890. The molecule has 0 fully saturated rings. The smallest absolute Gasteiger partial charge is 0.252 e. The van der Waals surface area contributed by atoms with Gasteiger partial charge >= 0.3 is 0 Å². The maximum Gasteiger partial charge on any atom is 0.252 e. The first-order chi connectivity index (χ1) is 32.5. The summed E-state index contributed by atoms with van der Waals surface area (Å²) in [5.74, 6) is 0. The highest BCUT2D eigenvalue weighted by Crippen LogP contribution is 2.50. The van der Waals surface area contributed by atoms with Gasteiger partial charge in [0.15, 0.2) is 0 Å². The van der Waals surface area contributed by atoms with Crippen molar-refractivity contribution in [1.29, 1.82) is 0 Å². The molecule has 0 unspecified atom stereocenters. The Balaban J connectivity index is 1.45. The quantitative estimate of drug-likeness (QED) is 0.159. The number of rotatable bonds is 5. The fraction of sp³-hybridized carbons (Fsp3) is 0.364. The van der Waals surface area contributed by atoms with Gasteiger partial charge in [-0.1, -0.05) is 197 Å². The lowest BCUT2D eigenvalue weighted by Crippen LogP contribution is -2.61. The minimum atomic E-state index is -0.0581. The van der Waals surface area contributed by atoms with Crippen molar-refractivity contribution in [3.8, 4) is 0 Å². The second-order valence-electron chi connectivity index (χ2n) is 26.6. The number of benzene rings is 7. The van der Waals surface area contributed by atoms with Crippen LogP contribution in [0.25, 0.3) is 0 Å². The van der Waals surface area contributed by atoms with Crippen molar-refractivity contribution < 1.29 is 0 Å². The predicted octanol–water partition coefficient (Wildman–Crippen LogP) is 17.0. The zero-order valence-corrected chi connectivity index (χ0v) is 45.8. The second-order valence-corrected chi connectivity index (χ2v) is 26.6. The number of anilines is 9. The molecule has 0 amide bonds. The Labute approximate surface area is 423 Å². The first kappa shape index (κ1) is 49.0. The van der Waals surface area contributed by atoms with Crippen molar-refractivity contribution in [2.45, 2.75) is 157 Å². The van der Waals surface area contributed by atoms with Crippen molar-refractivity contribution in [1.82, 2.24) is 0 Å². The van der Waals surface area contributed by atoms with Crippen LogP contribution in [0.3, 0.4) is 0 Å². The molecular formula is C66H78BN3. The molecule has 0 N–H and O–H groups in total. The van der Waals surface area contributed by atoms with Gasteiger partial charge in [-0.15, -0.1) is 0 Å². The van der Waals surface area contributed by atoms with Crippen LogP contribution in [0.1, 0.15) is 158 Å². The molecule has 3 nitrogen and oxygen atoms in total. The maximum atomic E-state index is 2.61. The molecule has 0 spiro atoms. The fourth-order valence-electron chi connectivity index (χ4n) is 10.5. The van der Waals surface area contributed by atoms with Gasteiger partial charge in [-0.2, -0.15) is 0 Å². The number of nitrogens with zero attached hydrogens (tertiary/aromatic N) is 3. The minimum Gasteiger partial charge on any atom is -0.311 e. The summed E-state index contributed by atoms with van der Waals surface area (Å²) >= 11 is 0. The van der Waals surface area contributed by atoms with E-state index in [1.54, 1.807) is 0 Å². The molecule has 2 aliphatic heterocycles. The summed E-state index contributed by atoms with van der Waals surface area (Å²) in [7, 11) is 0. The van der Waals surface area contributed by atoms with Crippen LogP contribution in [0.2, 0.25) is 0 Å². The zero-order chi connectivity index (χ0) is 50.7. The minimum absolute atomic E-state index is 0.0122. The molecule has 7 aromatic rings. The van der Waals surface area contributed by atoms with E-state index in [0.29, 0.717) is 0 Å². The third-order valence-corrected chi connectivity index (χ3v) is 15.0. The van der Waals surface area contributed by atoms with Crippen LogP contribution in [-0.2, 0) is 32.5 Å². The van der Waals surface area contributed by atoms with Gasteiger partial charge in [0.05, 0.1) is 5.69 Å². The molecule has 7 aromatic carbocycles. The average Bonchev–Trinajstić information content (AvgIpc) is 3.27. The summed E-state index contributed by atoms with van der Waals surface area (Å²) < 4.78 is 0. The van der Waals surface area contributed by atoms with Crippen LogP contribution in [0, 0.1) is 0 Å². The lowest BCUT2D eigenvalue weighted by molar-refractivity contribution is 0.589. The molecule has 2 aliphatic rings. The molecule has 0 radical (unpaired) electrons. The Morgan fingerprint density at radius 3 is 0.943 bits per heavy atom. The molecule has 360 valence electrons. The van der Waals surface area contributed by atoms with Crippen LogP contribution < -0.4 is 31.1 Å². The highest BCUT2D eigenvalue weighted by molar-refractivity contribution is 7.00. The monoisotopic (exact) mass is 924 g/mol. The highest BCUT2D eigenvalue weighted by Gasteiger charge is 2.45. The zero-order valence-electron chi connectivity index (χ0n) is 45.8. The van der Waals surface area contributed by atoms with Crippen molar-refractivity contribution in [2.24, 2.45) is 0 Å². The molecular weight excluding hydrogens is 846 g/mol. The first-order valence-electron chi connectivity index (χ1n) is 25.8. The van der Waals surface area contributed by atoms with Gasteiger partial charge in [-0.25, -0.2) is 0 Å². The molecule has 70 heavy (non-hydrogen) atoms. The van der Waals surface area contributed by atoms with Gasteiger partial charge < -0.3 is 14.7 Å². The Morgan fingerprint density at radius 2 is 0.614 bits per heavy atom. The van der Waals surface area contributed by atoms with Crippen molar-refractivity contribution in [3.05, 3.63) is 179 Å². The Kier molecular flexibility index (Phi) is 11.8. The molecule has 0 saturated heterocycles. The van der Waals surface area contributed by atoms with Crippen LogP contribution in [-0.4, -0.2) is 6.71 Å². The Hall–Kier alpha value is -6.00. The van der Waals surface area contributed by atoms with Gasteiger partial charge in [-0.05, 0) is 155 Å². The van der Waals surface area contributed by atoms with E-state index >= 15 is 0 Å². The van der Waals surface area contributed by atoms with E-state index < -0.39 is 0 Å². The van der Waals surface area contributed by atoms with Crippen molar-refractivity contribution >= 4 is 74.3 Å². The summed E-state index contributed by atoms with van der Waals surface area (Å²) in [6, 6.07) is 57.0. The molecule has 0 bridgehead atoms. The van der Waals surface area contributed by atoms with E-state index in [0.717, 1.165) is 17.1 Å². The lowest BCUT2D eigenvalue weighted by atomic mass is 9.33. The molecule has 4 heteroatoms. The standard InChI is InChI=1S/C66H78BN3/c1-61(2,3)43-25-31-49(32-26-43)68(50-33-27-44(28-34-50)62(4,5)6)53-41-58-60-59(42-53)70(52-24-20-22-46(38-52)64(10,11)12)57-40-48(66(16,17)18)30-36-55(57)67(60)54-35-29-47(65(13,14)15)39-56(54)69(58)51-23-19-21-45(37-51)63(7,8)9/h19-42H,1-18H3. The van der Waals surface area contributed by atoms with E-state index in [9.17, 15) is 0 Å². The molecule has 9 rings (SSSR count). The second kappa shape index (κ2) is 16.8. The summed E-state index contributed by atoms with van der Waals surface area (Å²) in [6.07, 6.45) is 0. The van der Waals surface area contributed by atoms with Gasteiger partial charge in [-0.3, -0.25) is 0 Å². The predicted molar refractivity (Wildman–Crippen MR) is 307 cm³/mol. The van der Waals surface area contributed by atoms with E-state index in [-0.39, 0.29) is 39.2 Å². The van der Waals surface area contributed by atoms with Crippen molar-refractivity contribution in [3.63, 3.8) is 0 Å². The van der Waals surface area contributed by atoms with Gasteiger partial charge in [0.25, 0.3) is 6.71 Å². The van der Waals surface area contributed by atoms with Crippen LogP contribution in [0.5, 0.6) is 0 Å². The van der Waals surface area contributed by atoms with E-state index in [4.69, 9.17) is 0 Å². The van der Waals surface area contributed by atoms with Crippen molar-refractivity contribution in [2.75, 3.05) is 14.7 Å². The molecule has 0 saturated carbocycles. The first-order valence-corrected chi connectivity index (χ1v) is 25.8. The number of hydrogen-bond donors (Lipinski definition) is 0. The van der Waals surface area contributed by atoms with Crippen LogP contribution >= 0.6 is 0 Å². The van der Waals surface area contributed by atoms with Gasteiger partial charge in [0.1, 0.15) is 0 Å². The van der Waals surface area contributed by atoms with E-state index in [1.165, 1.54) is 83.9 Å². The normalized spacial score (nSPS) is 14.1. The van der Waals surface area contributed by atoms with Crippen LogP contribution in [0.15, 0.2) is 146 Å². The molecule has 2 heterocycles. The number of hydrogen-bond acceptors (Lipinski definition) is 3. The summed E-state index contributed by atoms with van der Waals surface area (Å²) in [4.78, 5) is 7.72. The molecule has 0 aromatic heterocycles. The summed E-state index contributed by atoms with van der Waals surface area (Å²) in [5, 5.41) is 0. The third kappa shape index (κ3) is 9.01. The number of fused-ring (bicyclic) bond motifs is 4. The highest BCUT2D eigenvalue weighted by atomic mass is 15.2. The lowest BCUT2D eigenvalue weighted by Gasteiger charge is -2.46. The largest absolute Gasteiger partial charge is 0.311 e. The SMILES string of the molecule is CC(C)(C)c1ccc(N(c2ccc(C(C)(C)C)cc2)c2cc3c4c(c2)N(c2cccc(C(C)(C)C)c2)c2cc(C(C)(C)C)ccc2B4c2ccc(C(C)(C)C)cc2N3c2cccc(C(C)(C)C)c2)cc1. The molecule has 0 aliphatic carbocycles. The van der Waals surface area contributed by atoms with Crippen LogP contribution in [0.4, 0.5) is 51.2 Å². The van der Waals surface area contributed by atoms with E-state index in [2.05, 4.69) is 285 Å². The van der Waals surface area contributed by atoms with Gasteiger partial charge in [0.2, 0.25) is 0 Å². The van der Waals surface area contributed by atoms with Gasteiger partial charge in [0, 0.05) is 45.5 Å². The summed E-state index contributed by atoms with van der Waals surface area (Å²) in [5.41, 5.74) is 22.3. The molecule has 0 atom stereocenters. The third-order valence-electron chi connectivity index (χ3n) is 15.0. The topological polar surface area (TPSA) is 9.72 Å².